The number of aryl methyl sites for hydroxylation is 2. The van der Waals surface area contributed by atoms with Crippen LogP contribution in [0.25, 0.3) is 11.0 Å². The summed E-state index contributed by atoms with van der Waals surface area (Å²) in [6.45, 7) is 4.31. The van der Waals surface area contributed by atoms with Gasteiger partial charge in [-0.2, -0.15) is 0 Å². The van der Waals surface area contributed by atoms with E-state index in [-0.39, 0.29) is 12.5 Å². The van der Waals surface area contributed by atoms with Crippen molar-refractivity contribution in [1.82, 2.24) is 14.5 Å². The van der Waals surface area contributed by atoms with Crippen molar-refractivity contribution in [2.75, 3.05) is 19.5 Å². The third-order valence-corrected chi connectivity index (χ3v) is 6.34. The standard InChI is InChI=1S/C25H26N4O3S/c1-16-5-6-17(2)18(9-16)15-33-25-28-22-7-8-26-13-23(22)29(25)14-24(30)27-19-10-20(31-3)12-21(11-19)32-4/h5-13H,14-15H2,1-4H3,(H,27,30). The fourth-order valence-corrected chi connectivity index (χ4v) is 4.61. The number of pyridine rings is 1. The average Bonchev–Trinajstić information content (AvgIpc) is 3.16. The lowest BCUT2D eigenvalue weighted by Crippen LogP contribution is -2.19. The molecular formula is C25H26N4O3S. The molecule has 0 bridgehead atoms. The molecule has 2 heterocycles. The van der Waals surface area contributed by atoms with Crippen molar-refractivity contribution in [2.45, 2.75) is 31.3 Å². The van der Waals surface area contributed by atoms with Gasteiger partial charge in [-0.15, -0.1) is 0 Å². The van der Waals surface area contributed by atoms with Crippen LogP contribution in [-0.2, 0) is 17.1 Å². The van der Waals surface area contributed by atoms with Crippen LogP contribution in [0.3, 0.4) is 0 Å². The first-order valence-electron chi connectivity index (χ1n) is 10.5. The molecule has 0 spiro atoms. The fourth-order valence-electron chi connectivity index (χ4n) is 3.53. The van der Waals surface area contributed by atoms with Crippen LogP contribution in [0.2, 0.25) is 0 Å². The molecule has 0 aliphatic rings. The highest BCUT2D eigenvalue weighted by atomic mass is 32.2. The molecule has 2 aromatic heterocycles. The molecule has 0 saturated carbocycles. The Labute approximate surface area is 197 Å². The number of hydrogen-bond acceptors (Lipinski definition) is 6. The number of benzene rings is 2. The summed E-state index contributed by atoms with van der Waals surface area (Å²) in [5, 5.41) is 3.71. The van der Waals surface area contributed by atoms with Gasteiger partial charge in [0, 0.05) is 35.8 Å². The van der Waals surface area contributed by atoms with E-state index in [2.05, 4.69) is 42.3 Å². The van der Waals surface area contributed by atoms with Gasteiger partial charge in [-0.3, -0.25) is 9.78 Å². The number of anilines is 1. The molecule has 2 aromatic carbocycles. The van der Waals surface area contributed by atoms with Gasteiger partial charge in [-0.05, 0) is 31.0 Å². The maximum atomic E-state index is 13.0. The molecule has 8 heteroatoms. The zero-order chi connectivity index (χ0) is 23.4. The molecule has 0 atom stereocenters. The first kappa shape index (κ1) is 22.7. The Balaban J connectivity index is 1.58. The van der Waals surface area contributed by atoms with Gasteiger partial charge in [0.25, 0.3) is 0 Å². The van der Waals surface area contributed by atoms with Crippen molar-refractivity contribution < 1.29 is 14.3 Å². The lowest BCUT2D eigenvalue weighted by molar-refractivity contribution is -0.116. The molecule has 0 aliphatic heterocycles. The van der Waals surface area contributed by atoms with E-state index in [9.17, 15) is 4.79 Å². The molecule has 0 saturated heterocycles. The Kier molecular flexibility index (Phi) is 6.84. The number of thioether (sulfide) groups is 1. The van der Waals surface area contributed by atoms with Crippen LogP contribution < -0.4 is 14.8 Å². The molecule has 33 heavy (non-hydrogen) atoms. The van der Waals surface area contributed by atoms with Crippen molar-refractivity contribution in [1.29, 1.82) is 0 Å². The minimum Gasteiger partial charge on any atom is -0.497 e. The molecule has 0 unspecified atom stereocenters. The zero-order valence-electron chi connectivity index (χ0n) is 19.1. The van der Waals surface area contributed by atoms with Crippen LogP contribution in [-0.4, -0.2) is 34.7 Å². The van der Waals surface area contributed by atoms with E-state index in [0.717, 1.165) is 21.9 Å². The number of imidazole rings is 1. The number of rotatable bonds is 8. The maximum absolute atomic E-state index is 13.0. The molecule has 0 radical (unpaired) electrons. The van der Waals surface area contributed by atoms with Crippen LogP contribution in [0.5, 0.6) is 11.5 Å². The largest absolute Gasteiger partial charge is 0.497 e. The van der Waals surface area contributed by atoms with Gasteiger partial charge in [0.05, 0.1) is 31.4 Å². The molecule has 1 amide bonds. The zero-order valence-corrected chi connectivity index (χ0v) is 19.9. The van der Waals surface area contributed by atoms with Crippen LogP contribution in [0.15, 0.2) is 60.0 Å². The third-order valence-electron chi connectivity index (χ3n) is 5.31. The number of fused-ring (bicyclic) bond motifs is 1. The predicted octanol–water partition coefficient (Wildman–Crippen LogP) is 5.00. The topological polar surface area (TPSA) is 78.3 Å². The van der Waals surface area contributed by atoms with Gasteiger partial charge in [0.15, 0.2) is 5.16 Å². The number of aromatic nitrogens is 3. The second-order valence-electron chi connectivity index (χ2n) is 7.71. The number of carbonyl (C=O) groups excluding carboxylic acids is 1. The van der Waals surface area contributed by atoms with Gasteiger partial charge in [-0.25, -0.2) is 4.98 Å². The highest BCUT2D eigenvalue weighted by Crippen LogP contribution is 2.29. The fraction of sp³-hybridized carbons (Fsp3) is 0.240. The van der Waals surface area contributed by atoms with Crippen LogP contribution in [0, 0.1) is 13.8 Å². The van der Waals surface area contributed by atoms with E-state index in [4.69, 9.17) is 14.5 Å². The van der Waals surface area contributed by atoms with E-state index in [1.807, 2.05) is 10.6 Å². The first-order chi connectivity index (χ1) is 16.0. The number of amides is 1. The number of nitrogens with zero attached hydrogens (tertiary/aromatic N) is 3. The summed E-state index contributed by atoms with van der Waals surface area (Å²) in [5.74, 6) is 1.79. The second-order valence-corrected chi connectivity index (χ2v) is 8.66. The number of carbonyl (C=O) groups is 1. The normalized spacial score (nSPS) is 10.9. The molecule has 1 N–H and O–H groups in total. The highest BCUT2D eigenvalue weighted by molar-refractivity contribution is 7.98. The Morgan fingerprint density at radius 1 is 1.06 bits per heavy atom. The molecule has 170 valence electrons. The highest BCUT2D eigenvalue weighted by Gasteiger charge is 2.16. The molecule has 4 rings (SSSR count). The minimum atomic E-state index is -0.179. The van der Waals surface area contributed by atoms with Crippen LogP contribution in [0.4, 0.5) is 5.69 Å². The number of methoxy groups -OCH3 is 2. The van der Waals surface area contributed by atoms with Gasteiger partial charge < -0.3 is 19.4 Å². The predicted molar refractivity (Wildman–Crippen MR) is 131 cm³/mol. The first-order valence-corrected chi connectivity index (χ1v) is 11.5. The van der Waals surface area contributed by atoms with E-state index in [0.29, 0.717) is 17.2 Å². The summed E-state index contributed by atoms with van der Waals surface area (Å²) in [5.41, 5.74) is 5.95. The number of hydrogen-bond donors (Lipinski definition) is 1. The summed E-state index contributed by atoms with van der Waals surface area (Å²) in [6, 6.07) is 13.6. The van der Waals surface area contributed by atoms with E-state index >= 15 is 0 Å². The van der Waals surface area contributed by atoms with Crippen LogP contribution in [0.1, 0.15) is 16.7 Å². The average molecular weight is 463 g/mol. The monoisotopic (exact) mass is 462 g/mol. The summed E-state index contributed by atoms with van der Waals surface area (Å²) >= 11 is 1.61. The second kappa shape index (κ2) is 9.95. The summed E-state index contributed by atoms with van der Waals surface area (Å²) in [6.07, 6.45) is 3.45. The van der Waals surface area contributed by atoms with Crippen molar-refractivity contribution >= 4 is 34.4 Å². The Hall–Kier alpha value is -3.52. The quantitative estimate of drug-likeness (QED) is 0.372. The Bertz CT molecular complexity index is 1280. The Morgan fingerprint density at radius 3 is 2.55 bits per heavy atom. The molecule has 0 aliphatic carbocycles. The van der Waals surface area contributed by atoms with Gasteiger partial charge in [-0.1, -0.05) is 35.5 Å². The molecular weight excluding hydrogens is 436 g/mol. The lowest BCUT2D eigenvalue weighted by Gasteiger charge is -2.12. The number of ether oxygens (including phenoxy) is 2. The van der Waals surface area contributed by atoms with Crippen molar-refractivity contribution in [2.24, 2.45) is 0 Å². The molecule has 4 aromatic rings. The maximum Gasteiger partial charge on any atom is 0.244 e. The van der Waals surface area contributed by atoms with Gasteiger partial charge >= 0.3 is 0 Å². The van der Waals surface area contributed by atoms with Crippen molar-refractivity contribution in [3.05, 3.63) is 71.5 Å². The Morgan fingerprint density at radius 2 is 1.82 bits per heavy atom. The summed E-state index contributed by atoms with van der Waals surface area (Å²) < 4.78 is 12.5. The van der Waals surface area contributed by atoms with Crippen molar-refractivity contribution in [3.63, 3.8) is 0 Å². The molecule has 0 fully saturated rings. The number of nitrogens with one attached hydrogen (secondary N) is 1. The SMILES string of the molecule is COc1cc(NC(=O)Cn2c(SCc3cc(C)ccc3C)nc3ccncc32)cc(OC)c1. The van der Waals surface area contributed by atoms with E-state index in [1.165, 1.54) is 16.7 Å². The van der Waals surface area contributed by atoms with Gasteiger partial charge in [0.1, 0.15) is 18.0 Å². The lowest BCUT2D eigenvalue weighted by atomic mass is 10.1. The van der Waals surface area contributed by atoms with Crippen molar-refractivity contribution in [3.8, 4) is 11.5 Å². The summed E-state index contributed by atoms with van der Waals surface area (Å²) in [7, 11) is 3.15. The van der Waals surface area contributed by atoms with E-state index in [1.54, 1.807) is 56.6 Å². The smallest absolute Gasteiger partial charge is 0.244 e. The molecule has 7 nitrogen and oxygen atoms in total. The van der Waals surface area contributed by atoms with Gasteiger partial charge in [0.2, 0.25) is 5.91 Å². The van der Waals surface area contributed by atoms with Crippen LogP contribution >= 0.6 is 11.8 Å². The van der Waals surface area contributed by atoms with E-state index < -0.39 is 0 Å². The minimum absolute atomic E-state index is 0.108. The third kappa shape index (κ3) is 5.28. The summed E-state index contributed by atoms with van der Waals surface area (Å²) in [4.78, 5) is 22.0.